The molecule has 0 atom stereocenters. The van der Waals surface area contributed by atoms with Crippen LogP contribution in [0.25, 0.3) is 0 Å². The van der Waals surface area contributed by atoms with E-state index >= 15 is 0 Å². The maximum absolute atomic E-state index is 5.44. The van der Waals surface area contributed by atoms with Crippen LogP contribution in [0.3, 0.4) is 0 Å². The molecule has 0 bridgehead atoms. The van der Waals surface area contributed by atoms with Crippen LogP contribution in [-0.4, -0.2) is 37.6 Å². The molecule has 0 radical (unpaired) electrons. The average Bonchev–Trinajstić information content (AvgIpc) is 2.28. The van der Waals surface area contributed by atoms with Crippen LogP contribution in [0.5, 0.6) is 0 Å². The molecule has 1 heterocycles. The minimum atomic E-state index is 0.991. The Kier molecular flexibility index (Phi) is 4.59. The second-order valence-electron chi connectivity index (χ2n) is 2.77. The van der Waals surface area contributed by atoms with Crippen LogP contribution in [0.4, 0.5) is 0 Å². The molecule has 0 aromatic rings. The van der Waals surface area contributed by atoms with Crippen molar-refractivity contribution in [2.24, 2.45) is 0 Å². The quantitative estimate of drug-likeness (QED) is 0.673. The summed E-state index contributed by atoms with van der Waals surface area (Å²) >= 11 is 5.44. The molecular weight excluding hydrogens is 160 g/mol. The summed E-state index contributed by atoms with van der Waals surface area (Å²) in [6.07, 6.45) is 3.24. The lowest BCUT2D eigenvalue weighted by Crippen LogP contribution is -2.28. The van der Waals surface area contributed by atoms with Gasteiger partial charge < -0.3 is 5.32 Å². The number of rotatable bonds is 2. The zero-order chi connectivity index (χ0) is 7.94. The second kappa shape index (κ2) is 5.58. The molecule has 0 amide bonds. The topological polar surface area (TPSA) is 15.3 Å². The van der Waals surface area contributed by atoms with E-state index in [1.807, 2.05) is 6.08 Å². The average molecular weight is 175 g/mol. The van der Waals surface area contributed by atoms with Crippen LogP contribution in [0, 0.1) is 0 Å². The van der Waals surface area contributed by atoms with E-state index in [1.165, 1.54) is 13.0 Å². The van der Waals surface area contributed by atoms with Crippen molar-refractivity contribution in [3.8, 4) is 0 Å². The van der Waals surface area contributed by atoms with Gasteiger partial charge in [0.2, 0.25) is 0 Å². The molecule has 0 spiro atoms. The van der Waals surface area contributed by atoms with Crippen LogP contribution in [-0.2, 0) is 0 Å². The fourth-order valence-electron chi connectivity index (χ4n) is 1.27. The Hall–Kier alpha value is -0.0500. The second-order valence-corrected chi connectivity index (χ2v) is 3.02. The molecule has 0 aliphatic carbocycles. The van der Waals surface area contributed by atoms with Crippen molar-refractivity contribution in [3.63, 3.8) is 0 Å². The van der Waals surface area contributed by atoms with Crippen LogP contribution < -0.4 is 5.32 Å². The minimum Gasteiger partial charge on any atom is -0.315 e. The monoisotopic (exact) mass is 174 g/mol. The van der Waals surface area contributed by atoms with Gasteiger partial charge in [-0.3, -0.25) is 4.90 Å². The van der Waals surface area contributed by atoms with Crippen molar-refractivity contribution in [2.45, 2.75) is 6.42 Å². The van der Waals surface area contributed by atoms with Crippen molar-refractivity contribution < 1.29 is 0 Å². The molecule has 11 heavy (non-hydrogen) atoms. The molecule has 1 fully saturated rings. The summed E-state index contributed by atoms with van der Waals surface area (Å²) in [5.74, 6) is 0. The minimum absolute atomic E-state index is 0.991. The first-order chi connectivity index (χ1) is 5.43. The third-order valence-corrected chi connectivity index (χ3v) is 2.06. The fraction of sp³-hybridized carbons (Fsp3) is 0.750. The Morgan fingerprint density at radius 2 is 2.27 bits per heavy atom. The third kappa shape index (κ3) is 3.75. The Labute approximate surface area is 73.2 Å². The molecule has 2 nitrogen and oxygen atoms in total. The van der Waals surface area contributed by atoms with Gasteiger partial charge in [-0.1, -0.05) is 17.7 Å². The normalized spacial score (nSPS) is 22.3. The summed E-state index contributed by atoms with van der Waals surface area (Å²) in [6, 6.07) is 0. The molecule has 0 unspecified atom stereocenters. The summed E-state index contributed by atoms with van der Waals surface area (Å²) in [5, 5.41) is 3.35. The molecule has 0 saturated carbocycles. The fourth-order valence-corrected chi connectivity index (χ4v) is 1.35. The van der Waals surface area contributed by atoms with Crippen molar-refractivity contribution >= 4 is 11.6 Å². The first kappa shape index (κ1) is 9.04. The van der Waals surface area contributed by atoms with Gasteiger partial charge in [-0.2, -0.15) is 0 Å². The zero-order valence-corrected chi connectivity index (χ0v) is 7.48. The lowest BCUT2D eigenvalue weighted by Gasteiger charge is -2.16. The highest BCUT2D eigenvalue weighted by Crippen LogP contribution is 1.95. The summed E-state index contributed by atoms with van der Waals surface area (Å²) in [4.78, 5) is 2.40. The van der Waals surface area contributed by atoms with Gasteiger partial charge >= 0.3 is 0 Å². The van der Waals surface area contributed by atoms with Crippen molar-refractivity contribution in [1.29, 1.82) is 0 Å². The molecule has 1 aliphatic heterocycles. The van der Waals surface area contributed by atoms with Crippen LogP contribution in [0.2, 0.25) is 0 Å². The van der Waals surface area contributed by atoms with Crippen molar-refractivity contribution in [2.75, 3.05) is 32.7 Å². The zero-order valence-electron chi connectivity index (χ0n) is 6.72. The van der Waals surface area contributed by atoms with E-state index in [0.717, 1.165) is 26.2 Å². The largest absolute Gasteiger partial charge is 0.315 e. The van der Waals surface area contributed by atoms with E-state index in [2.05, 4.69) is 10.2 Å². The van der Waals surface area contributed by atoms with Crippen molar-refractivity contribution in [3.05, 3.63) is 11.6 Å². The highest BCUT2D eigenvalue weighted by Gasteiger charge is 2.05. The smallest absolute Gasteiger partial charge is 0.0175 e. The molecule has 3 heteroatoms. The number of hydrogen-bond donors (Lipinski definition) is 1. The molecular formula is C8H15ClN2. The van der Waals surface area contributed by atoms with Gasteiger partial charge in [0.1, 0.15) is 0 Å². The number of nitrogens with one attached hydrogen (secondary N) is 1. The number of halogens is 1. The summed E-state index contributed by atoms with van der Waals surface area (Å²) in [5.41, 5.74) is 1.60. The van der Waals surface area contributed by atoms with Gasteiger partial charge in [0.15, 0.2) is 0 Å². The Balaban J connectivity index is 2.19. The summed E-state index contributed by atoms with van der Waals surface area (Å²) < 4.78 is 0. The maximum Gasteiger partial charge on any atom is 0.0175 e. The Morgan fingerprint density at radius 1 is 1.36 bits per heavy atom. The Morgan fingerprint density at radius 3 is 3.09 bits per heavy atom. The molecule has 1 saturated heterocycles. The van der Waals surface area contributed by atoms with Gasteiger partial charge in [0, 0.05) is 25.2 Å². The van der Waals surface area contributed by atoms with E-state index in [-0.39, 0.29) is 0 Å². The predicted octanol–water partition coefficient (Wildman–Crippen LogP) is 1.03. The van der Waals surface area contributed by atoms with E-state index in [0.29, 0.717) is 0 Å². The summed E-state index contributed by atoms with van der Waals surface area (Å²) in [7, 11) is 0. The predicted molar refractivity (Wildman–Crippen MR) is 48.9 cm³/mol. The number of nitrogens with zero attached hydrogens (tertiary/aromatic N) is 1. The van der Waals surface area contributed by atoms with E-state index in [9.17, 15) is 0 Å². The van der Waals surface area contributed by atoms with Crippen LogP contribution >= 0.6 is 11.6 Å². The molecule has 1 aliphatic rings. The van der Waals surface area contributed by atoms with Crippen LogP contribution in [0.1, 0.15) is 6.42 Å². The first-order valence-corrected chi connectivity index (χ1v) is 4.55. The highest BCUT2D eigenvalue weighted by atomic mass is 35.5. The maximum atomic E-state index is 5.44. The van der Waals surface area contributed by atoms with E-state index in [1.54, 1.807) is 5.54 Å². The standard InChI is InChI=1S/C8H15ClN2/c9-3-1-6-11-7-2-4-10-5-8-11/h1,3,10H,2,4-8H2/b3-1+. The van der Waals surface area contributed by atoms with Crippen LogP contribution in [0.15, 0.2) is 11.6 Å². The van der Waals surface area contributed by atoms with Gasteiger partial charge in [0.05, 0.1) is 0 Å². The first-order valence-electron chi connectivity index (χ1n) is 4.12. The van der Waals surface area contributed by atoms with E-state index in [4.69, 9.17) is 11.6 Å². The molecule has 1 N–H and O–H groups in total. The lowest BCUT2D eigenvalue weighted by molar-refractivity contribution is 0.324. The van der Waals surface area contributed by atoms with Gasteiger partial charge in [0.25, 0.3) is 0 Å². The molecule has 1 rings (SSSR count). The van der Waals surface area contributed by atoms with E-state index < -0.39 is 0 Å². The Bertz CT molecular complexity index is 117. The lowest BCUT2D eigenvalue weighted by atomic mass is 10.4. The molecule has 0 aromatic carbocycles. The van der Waals surface area contributed by atoms with Crippen molar-refractivity contribution in [1.82, 2.24) is 10.2 Å². The van der Waals surface area contributed by atoms with Gasteiger partial charge in [-0.15, -0.1) is 0 Å². The highest BCUT2D eigenvalue weighted by molar-refractivity contribution is 6.25. The molecule has 0 aromatic heterocycles. The van der Waals surface area contributed by atoms with Gasteiger partial charge in [-0.25, -0.2) is 0 Å². The van der Waals surface area contributed by atoms with Gasteiger partial charge in [-0.05, 0) is 19.5 Å². The number of hydrogen-bond acceptors (Lipinski definition) is 2. The summed E-state index contributed by atoms with van der Waals surface area (Å²) in [6.45, 7) is 5.58. The molecule has 64 valence electrons. The third-order valence-electron chi connectivity index (χ3n) is 1.89. The SMILES string of the molecule is Cl/C=C/CN1CCCNCC1.